The molecule has 3 heterocycles. The molecule has 3 aromatic rings. The molecule has 0 amide bonds. The summed E-state index contributed by atoms with van der Waals surface area (Å²) in [4.78, 5) is 22.0. The molecular formula is C20H22N4O. The molecule has 0 radical (unpaired) electrons. The zero-order valence-electron chi connectivity index (χ0n) is 14.1. The normalized spacial score (nSPS) is 17.8. The second-order valence-corrected chi connectivity index (χ2v) is 6.70. The van der Waals surface area contributed by atoms with Crippen molar-refractivity contribution in [1.29, 1.82) is 0 Å². The topological polar surface area (TPSA) is 61.0 Å². The quantitative estimate of drug-likeness (QED) is 0.753. The molecule has 1 aromatic carbocycles. The summed E-state index contributed by atoms with van der Waals surface area (Å²) in [6.07, 6.45) is 2.95. The summed E-state index contributed by atoms with van der Waals surface area (Å²) in [5.41, 5.74) is 1.76. The number of H-pyrrole nitrogens is 1. The Kier molecular flexibility index (Phi) is 4.48. The lowest BCUT2D eigenvalue weighted by atomic mass is 10.1. The number of para-hydroxylation sites is 1. The first-order chi connectivity index (χ1) is 12.3. The summed E-state index contributed by atoms with van der Waals surface area (Å²) in [6.45, 7) is 3.66. The van der Waals surface area contributed by atoms with Crippen molar-refractivity contribution in [3.8, 4) is 0 Å². The molecule has 1 saturated heterocycles. The predicted molar refractivity (Wildman–Crippen MR) is 101 cm³/mol. The zero-order chi connectivity index (χ0) is 17.1. The first-order valence-corrected chi connectivity index (χ1v) is 8.76. The van der Waals surface area contributed by atoms with Crippen LogP contribution in [-0.4, -0.2) is 34.5 Å². The Hall–Kier alpha value is -2.66. The summed E-state index contributed by atoms with van der Waals surface area (Å²) in [5, 5.41) is 4.49. The van der Waals surface area contributed by atoms with Gasteiger partial charge in [0, 0.05) is 36.9 Å². The number of anilines is 1. The minimum atomic E-state index is 0.0220. The van der Waals surface area contributed by atoms with Crippen LogP contribution < -0.4 is 10.9 Å². The molecule has 0 bridgehead atoms. The number of rotatable bonds is 5. The van der Waals surface area contributed by atoms with Gasteiger partial charge in [-0.3, -0.25) is 9.69 Å². The number of benzene rings is 1. The lowest BCUT2D eigenvalue weighted by Gasteiger charge is -2.16. The van der Waals surface area contributed by atoms with Crippen molar-refractivity contribution in [3.63, 3.8) is 0 Å². The standard InChI is InChI=1S/C20H22N4O/c25-20-17(11-16-5-1-2-6-18(16)23-20)14-24-10-8-15(13-24)12-22-19-7-3-4-9-21-19/h1-7,9,11,15H,8,10,12-14H2,(H,21,22)(H,23,25)/t15-/m0/s1. The predicted octanol–water partition coefficient (Wildman–Crippen LogP) is 2.86. The Balaban J connectivity index is 1.38. The monoisotopic (exact) mass is 334 g/mol. The number of aromatic amines is 1. The van der Waals surface area contributed by atoms with Gasteiger partial charge in [-0.05, 0) is 48.5 Å². The maximum Gasteiger partial charge on any atom is 0.252 e. The average molecular weight is 334 g/mol. The molecule has 2 aromatic heterocycles. The summed E-state index contributed by atoms with van der Waals surface area (Å²) >= 11 is 0. The van der Waals surface area contributed by atoms with Gasteiger partial charge in [-0.15, -0.1) is 0 Å². The van der Waals surface area contributed by atoms with E-state index in [4.69, 9.17) is 0 Å². The smallest absolute Gasteiger partial charge is 0.252 e. The highest BCUT2D eigenvalue weighted by Gasteiger charge is 2.23. The second kappa shape index (κ2) is 7.07. The van der Waals surface area contributed by atoms with Crippen LogP contribution in [0.15, 0.2) is 59.5 Å². The highest BCUT2D eigenvalue weighted by Crippen LogP contribution is 2.19. The fourth-order valence-corrected chi connectivity index (χ4v) is 3.49. The fraction of sp³-hybridized carbons (Fsp3) is 0.300. The molecule has 2 N–H and O–H groups in total. The first kappa shape index (κ1) is 15.8. The number of hydrogen-bond donors (Lipinski definition) is 2. The van der Waals surface area contributed by atoms with Crippen LogP contribution in [0.25, 0.3) is 10.9 Å². The molecule has 1 aliphatic rings. The van der Waals surface area contributed by atoms with Crippen molar-refractivity contribution >= 4 is 16.7 Å². The number of nitrogens with zero attached hydrogens (tertiary/aromatic N) is 2. The molecule has 0 saturated carbocycles. The van der Waals surface area contributed by atoms with Gasteiger partial charge in [0.25, 0.3) is 5.56 Å². The van der Waals surface area contributed by atoms with E-state index in [1.807, 2.05) is 48.5 Å². The molecule has 1 aliphatic heterocycles. The number of pyridine rings is 2. The average Bonchev–Trinajstić information content (AvgIpc) is 3.09. The minimum absolute atomic E-state index is 0.0220. The summed E-state index contributed by atoms with van der Waals surface area (Å²) in [6, 6.07) is 15.8. The van der Waals surface area contributed by atoms with E-state index in [1.54, 1.807) is 6.20 Å². The van der Waals surface area contributed by atoms with E-state index in [9.17, 15) is 4.79 Å². The lowest BCUT2D eigenvalue weighted by molar-refractivity contribution is 0.317. The number of aromatic nitrogens is 2. The molecule has 5 nitrogen and oxygen atoms in total. The van der Waals surface area contributed by atoms with Crippen LogP contribution in [0.1, 0.15) is 12.0 Å². The number of fused-ring (bicyclic) bond motifs is 1. The maximum atomic E-state index is 12.3. The molecule has 1 atom stereocenters. The first-order valence-electron chi connectivity index (χ1n) is 8.76. The maximum absolute atomic E-state index is 12.3. The SMILES string of the molecule is O=c1[nH]c2ccccc2cc1CN1CC[C@@H](CNc2ccccn2)C1. The van der Waals surface area contributed by atoms with E-state index in [0.717, 1.165) is 48.3 Å². The van der Waals surface area contributed by atoms with E-state index in [0.29, 0.717) is 12.5 Å². The molecule has 0 spiro atoms. The summed E-state index contributed by atoms with van der Waals surface area (Å²) in [7, 11) is 0. The highest BCUT2D eigenvalue weighted by molar-refractivity contribution is 5.78. The van der Waals surface area contributed by atoms with Crippen LogP contribution in [0.3, 0.4) is 0 Å². The number of likely N-dealkylation sites (tertiary alicyclic amines) is 1. The van der Waals surface area contributed by atoms with Crippen LogP contribution in [0.2, 0.25) is 0 Å². The molecule has 0 aliphatic carbocycles. The Labute approximate surface area is 146 Å². The van der Waals surface area contributed by atoms with Crippen LogP contribution in [0.5, 0.6) is 0 Å². The van der Waals surface area contributed by atoms with Gasteiger partial charge in [-0.1, -0.05) is 24.3 Å². The largest absolute Gasteiger partial charge is 0.370 e. The molecule has 128 valence electrons. The van der Waals surface area contributed by atoms with Gasteiger partial charge in [-0.2, -0.15) is 0 Å². The van der Waals surface area contributed by atoms with Crippen LogP contribution in [-0.2, 0) is 6.54 Å². The third kappa shape index (κ3) is 3.72. The van der Waals surface area contributed by atoms with Gasteiger partial charge in [0.2, 0.25) is 0 Å². The van der Waals surface area contributed by atoms with Crippen molar-refractivity contribution < 1.29 is 0 Å². The van der Waals surface area contributed by atoms with E-state index >= 15 is 0 Å². The lowest BCUT2D eigenvalue weighted by Crippen LogP contribution is -2.26. The third-order valence-electron chi connectivity index (χ3n) is 4.83. The van der Waals surface area contributed by atoms with Crippen molar-refractivity contribution in [2.75, 3.05) is 25.0 Å². The molecule has 5 heteroatoms. The second-order valence-electron chi connectivity index (χ2n) is 6.70. The summed E-state index contributed by atoms with van der Waals surface area (Å²) in [5.74, 6) is 1.51. The fourth-order valence-electron chi connectivity index (χ4n) is 3.49. The van der Waals surface area contributed by atoms with Gasteiger partial charge >= 0.3 is 0 Å². The Morgan fingerprint density at radius 2 is 2.08 bits per heavy atom. The van der Waals surface area contributed by atoms with E-state index in [2.05, 4.69) is 20.2 Å². The van der Waals surface area contributed by atoms with Gasteiger partial charge < -0.3 is 10.3 Å². The Bertz CT molecular complexity index is 906. The molecular weight excluding hydrogens is 312 g/mol. The molecule has 25 heavy (non-hydrogen) atoms. The Morgan fingerprint density at radius 3 is 2.96 bits per heavy atom. The van der Waals surface area contributed by atoms with E-state index in [1.165, 1.54) is 0 Å². The van der Waals surface area contributed by atoms with Gasteiger partial charge in [-0.25, -0.2) is 4.98 Å². The van der Waals surface area contributed by atoms with Gasteiger partial charge in [0.05, 0.1) is 0 Å². The van der Waals surface area contributed by atoms with Gasteiger partial charge in [0.1, 0.15) is 5.82 Å². The van der Waals surface area contributed by atoms with Crippen molar-refractivity contribution in [2.24, 2.45) is 5.92 Å². The highest BCUT2D eigenvalue weighted by atomic mass is 16.1. The van der Waals surface area contributed by atoms with Crippen LogP contribution in [0.4, 0.5) is 5.82 Å². The number of nitrogens with one attached hydrogen (secondary N) is 2. The van der Waals surface area contributed by atoms with E-state index < -0.39 is 0 Å². The molecule has 4 rings (SSSR count). The molecule has 1 fully saturated rings. The van der Waals surface area contributed by atoms with Crippen molar-refractivity contribution in [1.82, 2.24) is 14.9 Å². The third-order valence-corrected chi connectivity index (χ3v) is 4.83. The van der Waals surface area contributed by atoms with E-state index in [-0.39, 0.29) is 5.56 Å². The van der Waals surface area contributed by atoms with Crippen molar-refractivity contribution in [3.05, 3.63) is 70.6 Å². The summed E-state index contributed by atoms with van der Waals surface area (Å²) < 4.78 is 0. The van der Waals surface area contributed by atoms with Crippen molar-refractivity contribution in [2.45, 2.75) is 13.0 Å². The van der Waals surface area contributed by atoms with Gasteiger partial charge in [0.15, 0.2) is 0 Å². The Morgan fingerprint density at radius 1 is 1.20 bits per heavy atom. The number of hydrogen-bond acceptors (Lipinski definition) is 4. The van der Waals surface area contributed by atoms with Crippen LogP contribution >= 0.6 is 0 Å². The molecule has 0 unspecified atom stereocenters. The minimum Gasteiger partial charge on any atom is -0.370 e. The van der Waals surface area contributed by atoms with Crippen LogP contribution in [0, 0.1) is 5.92 Å². The zero-order valence-corrected chi connectivity index (χ0v) is 14.1.